The Balaban J connectivity index is 1.53. The van der Waals surface area contributed by atoms with Crippen LogP contribution in [0.1, 0.15) is 11.1 Å². The van der Waals surface area contributed by atoms with Gasteiger partial charge in [0.05, 0.1) is 16.8 Å². The normalized spacial score (nSPS) is 15.4. The van der Waals surface area contributed by atoms with Gasteiger partial charge < -0.3 is 9.36 Å². The lowest BCUT2D eigenvalue weighted by Crippen LogP contribution is -2.06. The molecule has 0 fully saturated rings. The van der Waals surface area contributed by atoms with Crippen LogP contribution in [0.4, 0.5) is 0 Å². The maximum absolute atomic E-state index is 12.0. The van der Waals surface area contributed by atoms with Crippen molar-refractivity contribution in [2.24, 2.45) is 5.16 Å². The molecule has 0 radical (unpaired) electrons. The Morgan fingerprint density at radius 1 is 0.828 bits per heavy atom. The zero-order valence-corrected chi connectivity index (χ0v) is 15.2. The number of benzene rings is 2. The molecule has 6 heteroatoms. The van der Waals surface area contributed by atoms with Gasteiger partial charge in [-0.15, -0.1) is 0 Å². The summed E-state index contributed by atoms with van der Waals surface area (Å²) in [6.07, 6.45) is 8.38. The number of hydrogen-bond acceptors (Lipinski definition) is 5. The molecule has 2 aromatic carbocycles. The van der Waals surface area contributed by atoms with Gasteiger partial charge in [0.15, 0.2) is 0 Å². The van der Waals surface area contributed by atoms with Gasteiger partial charge in [-0.05, 0) is 12.2 Å². The SMILES string of the molecule is O=C1ON=C(c2ccccc2)/C1=C/C=C/C=C\c1c(-c2ccccc2)[nH]oc1=O. The van der Waals surface area contributed by atoms with E-state index >= 15 is 0 Å². The van der Waals surface area contributed by atoms with E-state index in [0.717, 1.165) is 11.1 Å². The van der Waals surface area contributed by atoms with E-state index in [-0.39, 0.29) is 0 Å². The van der Waals surface area contributed by atoms with Crippen LogP contribution in [0.3, 0.4) is 0 Å². The summed E-state index contributed by atoms with van der Waals surface area (Å²) in [7, 11) is 0. The van der Waals surface area contributed by atoms with Crippen LogP contribution < -0.4 is 5.63 Å². The number of carbonyl (C=O) groups is 1. The molecule has 1 N–H and O–H groups in total. The Hall–Kier alpha value is -4.19. The van der Waals surface area contributed by atoms with E-state index in [2.05, 4.69) is 10.3 Å². The van der Waals surface area contributed by atoms with Gasteiger partial charge in [0, 0.05) is 11.1 Å². The Kier molecular flexibility index (Phi) is 5.16. The van der Waals surface area contributed by atoms with Gasteiger partial charge in [0.2, 0.25) is 0 Å². The summed E-state index contributed by atoms with van der Waals surface area (Å²) < 4.78 is 4.92. The average Bonchev–Trinajstić information content (AvgIpc) is 3.32. The number of carbonyl (C=O) groups excluding carboxylic acids is 1. The van der Waals surface area contributed by atoms with Gasteiger partial charge in [-0.25, -0.2) is 14.7 Å². The van der Waals surface area contributed by atoms with E-state index in [0.29, 0.717) is 22.5 Å². The zero-order valence-electron chi connectivity index (χ0n) is 15.2. The molecule has 3 aromatic rings. The maximum Gasteiger partial charge on any atom is 0.368 e. The number of oxime groups is 1. The van der Waals surface area contributed by atoms with Crippen molar-refractivity contribution >= 4 is 17.8 Å². The molecule has 0 bridgehead atoms. The predicted molar refractivity (Wildman–Crippen MR) is 110 cm³/mol. The maximum atomic E-state index is 12.0. The summed E-state index contributed by atoms with van der Waals surface area (Å²) in [6.45, 7) is 0. The van der Waals surface area contributed by atoms with Crippen LogP contribution in [0, 0.1) is 0 Å². The van der Waals surface area contributed by atoms with Crippen molar-refractivity contribution in [3.05, 3.63) is 112 Å². The van der Waals surface area contributed by atoms with Crippen LogP contribution in [0.5, 0.6) is 0 Å². The molecule has 1 aliphatic heterocycles. The van der Waals surface area contributed by atoms with Crippen LogP contribution in [-0.4, -0.2) is 16.8 Å². The van der Waals surface area contributed by atoms with E-state index in [1.54, 1.807) is 30.4 Å². The second kappa shape index (κ2) is 8.22. The molecule has 1 aromatic heterocycles. The highest BCUT2D eigenvalue weighted by Gasteiger charge is 2.25. The summed E-state index contributed by atoms with van der Waals surface area (Å²) in [4.78, 5) is 28.7. The quantitative estimate of drug-likeness (QED) is 0.408. The Morgan fingerprint density at radius 3 is 2.24 bits per heavy atom. The average molecular weight is 384 g/mol. The minimum absolute atomic E-state index is 0.368. The zero-order chi connectivity index (χ0) is 20.1. The molecule has 1 aliphatic rings. The molecule has 0 aliphatic carbocycles. The highest BCUT2D eigenvalue weighted by molar-refractivity contribution is 6.28. The van der Waals surface area contributed by atoms with Crippen LogP contribution in [0.2, 0.25) is 0 Å². The molecule has 0 amide bonds. The summed E-state index contributed by atoms with van der Waals surface area (Å²) in [6, 6.07) is 18.8. The third kappa shape index (κ3) is 3.91. The summed E-state index contributed by atoms with van der Waals surface area (Å²) in [5.74, 6) is -0.505. The lowest BCUT2D eigenvalue weighted by molar-refractivity contribution is -0.136. The van der Waals surface area contributed by atoms with Crippen molar-refractivity contribution in [3.63, 3.8) is 0 Å². The van der Waals surface area contributed by atoms with E-state index in [9.17, 15) is 9.59 Å². The van der Waals surface area contributed by atoms with Crippen molar-refractivity contribution in [1.29, 1.82) is 0 Å². The lowest BCUT2D eigenvalue weighted by Gasteiger charge is -1.98. The topological polar surface area (TPSA) is 84.7 Å². The monoisotopic (exact) mass is 384 g/mol. The first-order chi connectivity index (χ1) is 14.2. The van der Waals surface area contributed by atoms with Gasteiger partial charge in [-0.1, -0.05) is 84.0 Å². The highest BCUT2D eigenvalue weighted by Crippen LogP contribution is 2.20. The van der Waals surface area contributed by atoms with Crippen molar-refractivity contribution in [1.82, 2.24) is 5.16 Å². The largest absolute Gasteiger partial charge is 0.368 e. The molecule has 4 rings (SSSR count). The number of aromatic amines is 1. The number of rotatable bonds is 5. The first-order valence-corrected chi connectivity index (χ1v) is 8.91. The molecule has 0 saturated carbocycles. The lowest BCUT2D eigenvalue weighted by atomic mass is 10.0. The fraction of sp³-hybridized carbons (Fsp3) is 0. The van der Waals surface area contributed by atoms with Crippen molar-refractivity contribution in [3.8, 4) is 11.3 Å². The first-order valence-electron chi connectivity index (χ1n) is 8.91. The van der Waals surface area contributed by atoms with E-state index in [1.807, 2.05) is 60.7 Å². The van der Waals surface area contributed by atoms with Gasteiger partial charge in [0.25, 0.3) is 0 Å². The highest BCUT2D eigenvalue weighted by atomic mass is 16.7. The molecule has 6 nitrogen and oxygen atoms in total. The van der Waals surface area contributed by atoms with Gasteiger partial charge in [-0.3, -0.25) is 0 Å². The molecule has 0 spiro atoms. The number of hydrogen-bond donors (Lipinski definition) is 1. The van der Waals surface area contributed by atoms with Crippen LogP contribution in [-0.2, 0) is 9.63 Å². The Labute approximate surface area is 166 Å². The van der Waals surface area contributed by atoms with E-state index in [4.69, 9.17) is 9.36 Å². The van der Waals surface area contributed by atoms with Crippen molar-refractivity contribution in [2.75, 3.05) is 0 Å². The van der Waals surface area contributed by atoms with Crippen LogP contribution in [0.15, 0.2) is 105 Å². The number of nitrogens with one attached hydrogen (secondary N) is 1. The smallest absolute Gasteiger partial charge is 0.338 e. The standard InChI is InChI=1S/C23H16N2O4/c26-22-18(20(24-28-22)16-10-4-1-5-11-16)14-8-3-9-15-19-21(25-29-23(19)27)17-12-6-2-7-13-17/h1-15,24H/b9-3+,14-8-,19-15-. The van der Waals surface area contributed by atoms with E-state index in [1.165, 1.54) is 0 Å². The minimum Gasteiger partial charge on any atom is -0.338 e. The Bertz CT molecular complexity index is 1200. The second-order valence-corrected chi connectivity index (χ2v) is 6.16. The number of H-pyrrole nitrogens is 1. The molecular formula is C23H16N2O4. The molecule has 2 heterocycles. The minimum atomic E-state index is -0.505. The number of allylic oxidation sites excluding steroid dienone is 4. The van der Waals surface area contributed by atoms with Crippen LogP contribution >= 0.6 is 0 Å². The van der Waals surface area contributed by atoms with Crippen LogP contribution in [0.25, 0.3) is 17.3 Å². The van der Waals surface area contributed by atoms with Gasteiger partial charge >= 0.3 is 11.6 Å². The predicted octanol–water partition coefficient (Wildman–Crippen LogP) is 4.09. The summed E-state index contributed by atoms with van der Waals surface area (Å²) in [5.41, 5.74) is 3.07. The Morgan fingerprint density at radius 2 is 1.52 bits per heavy atom. The molecule has 0 atom stereocenters. The molecule has 0 saturated heterocycles. The fourth-order valence-corrected chi connectivity index (χ4v) is 2.88. The van der Waals surface area contributed by atoms with Crippen molar-refractivity contribution < 1.29 is 14.2 Å². The van der Waals surface area contributed by atoms with E-state index < -0.39 is 11.6 Å². The molecule has 142 valence electrons. The second-order valence-electron chi connectivity index (χ2n) is 6.16. The summed E-state index contributed by atoms with van der Waals surface area (Å²) in [5, 5.41) is 6.51. The van der Waals surface area contributed by atoms with Crippen molar-refractivity contribution in [2.45, 2.75) is 0 Å². The number of nitrogens with zero attached hydrogens (tertiary/aromatic N) is 1. The summed E-state index contributed by atoms with van der Waals surface area (Å²) >= 11 is 0. The number of aromatic nitrogens is 1. The molecular weight excluding hydrogens is 368 g/mol. The van der Waals surface area contributed by atoms with Gasteiger partial charge in [-0.2, -0.15) is 0 Å². The molecule has 0 unspecified atom stereocenters. The first kappa shape index (κ1) is 18.2. The fourth-order valence-electron chi connectivity index (χ4n) is 2.88. The third-order valence-electron chi connectivity index (χ3n) is 4.29. The molecule has 29 heavy (non-hydrogen) atoms. The van der Waals surface area contributed by atoms with Gasteiger partial charge in [0.1, 0.15) is 5.71 Å². The third-order valence-corrected chi connectivity index (χ3v) is 4.29.